The first-order valence-electron chi connectivity index (χ1n) is 5.22. The van der Waals surface area contributed by atoms with Crippen molar-refractivity contribution < 1.29 is 0 Å². The second-order valence-electron chi connectivity index (χ2n) is 3.61. The van der Waals surface area contributed by atoms with Gasteiger partial charge in [-0.05, 0) is 37.7 Å². The number of nitrogens with zero attached hydrogens (tertiary/aromatic N) is 2. The highest BCUT2D eigenvalue weighted by molar-refractivity contribution is 6.32. The predicted molar refractivity (Wildman–Crippen MR) is 66.2 cm³/mol. The number of aromatic nitrogens is 2. The number of rotatable bonds is 4. The van der Waals surface area contributed by atoms with E-state index in [1.54, 1.807) is 12.5 Å². The molecule has 84 valence electrons. The molecule has 0 saturated carbocycles. The third-order valence-corrected chi connectivity index (χ3v) is 2.76. The highest BCUT2D eigenvalue weighted by atomic mass is 35.5. The minimum absolute atomic E-state index is 0.756. The molecule has 16 heavy (non-hydrogen) atoms. The molecule has 0 bridgehead atoms. The van der Waals surface area contributed by atoms with Crippen LogP contribution < -0.4 is 5.32 Å². The SMILES string of the molecule is CNCCc1ccc(-n2ccnc2)c(Cl)c1. The van der Waals surface area contributed by atoms with E-state index in [2.05, 4.69) is 16.4 Å². The largest absolute Gasteiger partial charge is 0.319 e. The second kappa shape index (κ2) is 5.14. The summed E-state index contributed by atoms with van der Waals surface area (Å²) in [5.41, 5.74) is 2.20. The molecule has 0 aliphatic carbocycles. The van der Waals surface area contributed by atoms with Gasteiger partial charge in [0.15, 0.2) is 0 Å². The Kier molecular flexibility index (Phi) is 3.59. The van der Waals surface area contributed by atoms with Gasteiger partial charge in [0.2, 0.25) is 0 Å². The van der Waals surface area contributed by atoms with E-state index in [1.165, 1.54) is 5.56 Å². The van der Waals surface area contributed by atoms with Crippen molar-refractivity contribution in [3.8, 4) is 5.69 Å². The summed E-state index contributed by atoms with van der Waals surface area (Å²) in [5, 5.41) is 3.88. The quantitative estimate of drug-likeness (QED) is 0.881. The molecule has 0 aliphatic heterocycles. The molecule has 4 heteroatoms. The lowest BCUT2D eigenvalue weighted by molar-refractivity contribution is 0.791. The Labute approximate surface area is 100 Å². The summed E-state index contributed by atoms with van der Waals surface area (Å²) in [6.07, 6.45) is 6.36. The van der Waals surface area contributed by atoms with E-state index in [0.29, 0.717) is 0 Å². The van der Waals surface area contributed by atoms with E-state index in [9.17, 15) is 0 Å². The van der Waals surface area contributed by atoms with Crippen LogP contribution in [0.1, 0.15) is 5.56 Å². The molecule has 0 unspecified atom stereocenters. The van der Waals surface area contributed by atoms with E-state index >= 15 is 0 Å². The number of hydrogen-bond acceptors (Lipinski definition) is 2. The smallest absolute Gasteiger partial charge is 0.0992 e. The molecule has 0 fully saturated rings. The Balaban J connectivity index is 2.23. The highest BCUT2D eigenvalue weighted by Crippen LogP contribution is 2.21. The third-order valence-electron chi connectivity index (χ3n) is 2.46. The molecule has 1 heterocycles. The van der Waals surface area contributed by atoms with Crippen LogP contribution in [-0.4, -0.2) is 23.1 Å². The lowest BCUT2D eigenvalue weighted by atomic mass is 10.1. The number of hydrogen-bond donors (Lipinski definition) is 1. The van der Waals surface area contributed by atoms with Crippen LogP contribution in [0.4, 0.5) is 0 Å². The molecule has 1 aromatic heterocycles. The first-order chi connectivity index (χ1) is 7.81. The van der Waals surface area contributed by atoms with Gasteiger partial charge in [0.05, 0.1) is 17.0 Å². The molecule has 2 aromatic rings. The van der Waals surface area contributed by atoms with Crippen LogP contribution in [0.3, 0.4) is 0 Å². The number of halogens is 1. The van der Waals surface area contributed by atoms with Crippen LogP contribution in [-0.2, 0) is 6.42 Å². The minimum atomic E-state index is 0.756. The van der Waals surface area contributed by atoms with Crippen molar-refractivity contribution in [1.29, 1.82) is 0 Å². The summed E-state index contributed by atoms with van der Waals surface area (Å²) in [5.74, 6) is 0. The summed E-state index contributed by atoms with van der Waals surface area (Å²) in [6, 6.07) is 6.13. The van der Waals surface area contributed by atoms with E-state index in [0.717, 1.165) is 23.7 Å². The minimum Gasteiger partial charge on any atom is -0.319 e. The zero-order chi connectivity index (χ0) is 11.4. The fourth-order valence-electron chi connectivity index (χ4n) is 1.59. The van der Waals surface area contributed by atoms with Crippen LogP contribution in [0.15, 0.2) is 36.9 Å². The molecule has 2 rings (SSSR count). The molecule has 0 spiro atoms. The molecule has 0 aliphatic rings. The summed E-state index contributed by atoms with van der Waals surface area (Å²) < 4.78 is 1.91. The van der Waals surface area contributed by atoms with Crippen LogP contribution in [0.25, 0.3) is 5.69 Å². The molecular formula is C12H14ClN3. The van der Waals surface area contributed by atoms with Gasteiger partial charge in [-0.3, -0.25) is 0 Å². The summed E-state index contributed by atoms with van der Waals surface area (Å²) in [7, 11) is 1.95. The van der Waals surface area contributed by atoms with Crippen molar-refractivity contribution in [2.45, 2.75) is 6.42 Å². The van der Waals surface area contributed by atoms with Crippen LogP contribution in [0, 0.1) is 0 Å². The third kappa shape index (κ3) is 2.43. The van der Waals surface area contributed by atoms with Crippen molar-refractivity contribution in [2.24, 2.45) is 0 Å². The maximum absolute atomic E-state index is 6.23. The fourth-order valence-corrected chi connectivity index (χ4v) is 1.89. The Hall–Kier alpha value is -1.32. The average molecular weight is 236 g/mol. The molecular weight excluding hydrogens is 222 g/mol. The van der Waals surface area contributed by atoms with Gasteiger partial charge in [-0.15, -0.1) is 0 Å². The van der Waals surface area contributed by atoms with Crippen molar-refractivity contribution in [3.05, 3.63) is 47.5 Å². The van der Waals surface area contributed by atoms with Gasteiger partial charge in [0.1, 0.15) is 0 Å². The first-order valence-corrected chi connectivity index (χ1v) is 5.60. The Morgan fingerprint density at radius 3 is 2.94 bits per heavy atom. The first kappa shape index (κ1) is 11.2. The van der Waals surface area contributed by atoms with Gasteiger partial charge < -0.3 is 9.88 Å². The Morgan fingerprint density at radius 1 is 1.44 bits per heavy atom. The van der Waals surface area contributed by atoms with Gasteiger partial charge in [-0.1, -0.05) is 17.7 Å². The Morgan fingerprint density at radius 2 is 2.31 bits per heavy atom. The fraction of sp³-hybridized carbons (Fsp3) is 0.250. The highest BCUT2D eigenvalue weighted by Gasteiger charge is 2.03. The van der Waals surface area contributed by atoms with Crippen molar-refractivity contribution in [1.82, 2.24) is 14.9 Å². The monoisotopic (exact) mass is 235 g/mol. The molecule has 0 atom stereocenters. The van der Waals surface area contributed by atoms with Crippen molar-refractivity contribution >= 4 is 11.6 Å². The number of benzene rings is 1. The molecule has 1 N–H and O–H groups in total. The normalized spacial score (nSPS) is 10.6. The number of likely N-dealkylation sites (N-methyl/N-ethyl adjacent to an activating group) is 1. The Bertz CT molecular complexity index is 451. The molecule has 1 aromatic carbocycles. The molecule has 0 saturated heterocycles. The lowest BCUT2D eigenvalue weighted by Crippen LogP contribution is -2.10. The van der Waals surface area contributed by atoms with E-state index < -0.39 is 0 Å². The van der Waals surface area contributed by atoms with Gasteiger partial charge in [0, 0.05) is 12.4 Å². The van der Waals surface area contributed by atoms with Gasteiger partial charge >= 0.3 is 0 Å². The van der Waals surface area contributed by atoms with Crippen molar-refractivity contribution in [2.75, 3.05) is 13.6 Å². The zero-order valence-electron chi connectivity index (χ0n) is 9.15. The van der Waals surface area contributed by atoms with Crippen LogP contribution in [0.5, 0.6) is 0 Å². The molecule has 0 amide bonds. The summed E-state index contributed by atoms with van der Waals surface area (Å²) in [4.78, 5) is 4.01. The average Bonchev–Trinajstić information content (AvgIpc) is 2.80. The predicted octanol–water partition coefficient (Wildman–Crippen LogP) is 2.29. The molecule has 0 radical (unpaired) electrons. The van der Waals surface area contributed by atoms with Crippen LogP contribution >= 0.6 is 11.6 Å². The summed E-state index contributed by atoms with van der Waals surface area (Å²) >= 11 is 6.23. The lowest BCUT2D eigenvalue weighted by Gasteiger charge is -2.07. The second-order valence-corrected chi connectivity index (χ2v) is 4.02. The zero-order valence-corrected chi connectivity index (χ0v) is 9.91. The van der Waals surface area contributed by atoms with Crippen molar-refractivity contribution in [3.63, 3.8) is 0 Å². The maximum Gasteiger partial charge on any atom is 0.0992 e. The van der Waals surface area contributed by atoms with Gasteiger partial charge in [-0.25, -0.2) is 4.98 Å². The number of nitrogens with one attached hydrogen (secondary N) is 1. The standard InChI is InChI=1S/C12H14ClN3/c1-14-5-4-10-2-3-12(11(13)8-10)16-7-6-15-9-16/h2-3,6-9,14H,4-5H2,1H3. The van der Waals surface area contributed by atoms with Gasteiger partial charge in [-0.2, -0.15) is 0 Å². The maximum atomic E-state index is 6.23. The number of imidazole rings is 1. The van der Waals surface area contributed by atoms with E-state index in [-0.39, 0.29) is 0 Å². The molecule has 3 nitrogen and oxygen atoms in total. The topological polar surface area (TPSA) is 29.9 Å². The van der Waals surface area contributed by atoms with E-state index in [1.807, 2.05) is 29.9 Å². The summed E-state index contributed by atoms with van der Waals surface area (Å²) in [6.45, 7) is 0.959. The van der Waals surface area contributed by atoms with Gasteiger partial charge in [0.25, 0.3) is 0 Å². The van der Waals surface area contributed by atoms with E-state index in [4.69, 9.17) is 11.6 Å². The van der Waals surface area contributed by atoms with Crippen LogP contribution in [0.2, 0.25) is 5.02 Å².